The molecule has 0 bridgehead atoms. The highest BCUT2D eigenvalue weighted by Gasteiger charge is 2.37. The molecule has 1 aliphatic heterocycles. The van der Waals surface area contributed by atoms with Crippen LogP contribution in [0, 0.1) is 0 Å². The SMILES string of the molecule is CC1(O[C@H]2CN[C@H](CO)C2)CCC1. The summed E-state index contributed by atoms with van der Waals surface area (Å²) in [4.78, 5) is 0. The Kier molecular flexibility index (Phi) is 2.58. The molecule has 2 fully saturated rings. The number of ether oxygens (including phenoxy) is 1. The molecule has 1 saturated heterocycles. The molecular formula is C10H19NO2. The van der Waals surface area contributed by atoms with Crippen molar-refractivity contribution >= 4 is 0 Å². The number of aliphatic hydroxyl groups is 1. The number of hydrogen-bond acceptors (Lipinski definition) is 3. The Labute approximate surface area is 79.5 Å². The van der Waals surface area contributed by atoms with E-state index in [0.717, 1.165) is 13.0 Å². The van der Waals surface area contributed by atoms with Gasteiger partial charge in [-0.1, -0.05) is 0 Å². The van der Waals surface area contributed by atoms with Gasteiger partial charge in [0.05, 0.1) is 18.3 Å². The first-order valence-corrected chi connectivity index (χ1v) is 5.24. The van der Waals surface area contributed by atoms with E-state index in [0.29, 0.717) is 6.10 Å². The summed E-state index contributed by atoms with van der Waals surface area (Å²) < 4.78 is 5.99. The van der Waals surface area contributed by atoms with Crippen LogP contribution in [0.5, 0.6) is 0 Å². The predicted molar refractivity (Wildman–Crippen MR) is 50.6 cm³/mol. The molecule has 1 heterocycles. The van der Waals surface area contributed by atoms with E-state index in [2.05, 4.69) is 12.2 Å². The lowest BCUT2D eigenvalue weighted by Crippen LogP contribution is -2.40. The Bertz CT molecular complexity index is 180. The summed E-state index contributed by atoms with van der Waals surface area (Å²) in [6.45, 7) is 3.33. The Balaban J connectivity index is 1.77. The van der Waals surface area contributed by atoms with Crippen LogP contribution in [0.15, 0.2) is 0 Å². The van der Waals surface area contributed by atoms with Crippen LogP contribution in [0.4, 0.5) is 0 Å². The summed E-state index contributed by atoms with van der Waals surface area (Å²) >= 11 is 0. The van der Waals surface area contributed by atoms with Crippen LogP contribution in [0.3, 0.4) is 0 Å². The minimum absolute atomic E-state index is 0.149. The second kappa shape index (κ2) is 3.56. The van der Waals surface area contributed by atoms with E-state index in [-0.39, 0.29) is 18.2 Å². The van der Waals surface area contributed by atoms with Gasteiger partial charge in [-0.25, -0.2) is 0 Å². The van der Waals surface area contributed by atoms with Crippen molar-refractivity contribution in [2.24, 2.45) is 0 Å². The molecule has 1 saturated carbocycles. The fraction of sp³-hybridized carbons (Fsp3) is 1.00. The fourth-order valence-electron chi connectivity index (χ4n) is 2.21. The third-order valence-corrected chi connectivity index (χ3v) is 3.26. The molecule has 2 rings (SSSR count). The molecule has 0 spiro atoms. The molecule has 0 radical (unpaired) electrons. The largest absolute Gasteiger partial charge is 0.395 e. The minimum atomic E-state index is 0.149. The Hall–Kier alpha value is -0.120. The molecule has 2 N–H and O–H groups in total. The molecular weight excluding hydrogens is 166 g/mol. The highest BCUT2D eigenvalue weighted by Crippen LogP contribution is 2.36. The van der Waals surface area contributed by atoms with Crippen molar-refractivity contribution in [3.63, 3.8) is 0 Å². The summed E-state index contributed by atoms with van der Waals surface area (Å²) in [5.74, 6) is 0. The monoisotopic (exact) mass is 185 g/mol. The topological polar surface area (TPSA) is 41.5 Å². The van der Waals surface area contributed by atoms with Crippen molar-refractivity contribution in [3.05, 3.63) is 0 Å². The molecule has 76 valence electrons. The first kappa shape index (κ1) is 9.44. The number of hydrogen-bond donors (Lipinski definition) is 2. The maximum Gasteiger partial charge on any atom is 0.0722 e. The van der Waals surface area contributed by atoms with Crippen LogP contribution >= 0.6 is 0 Å². The zero-order valence-corrected chi connectivity index (χ0v) is 8.25. The van der Waals surface area contributed by atoms with Crippen molar-refractivity contribution in [2.75, 3.05) is 13.2 Å². The van der Waals surface area contributed by atoms with Gasteiger partial charge in [0, 0.05) is 12.6 Å². The predicted octanol–water partition coefficient (Wildman–Crippen LogP) is 0.668. The average molecular weight is 185 g/mol. The standard InChI is InChI=1S/C10H19NO2/c1-10(3-2-4-10)13-9-5-8(7-12)11-6-9/h8-9,11-12H,2-7H2,1H3/t8-,9+/m0/s1. The lowest BCUT2D eigenvalue weighted by atomic mass is 9.81. The molecule has 0 amide bonds. The maximum absolute atomic E-state index is 8.94. The fourth-order valence-corrected chi connectivity index (χ4v) is 2.21. The van der Waals surface area contributed by atoms with Crippen molar-refractivity contribution in [1.82, 2.24) is 5.32 Å². The van der Waals surface area contributed by atoms with E-state index >= 15 is 0 Å². The lowest BCUT2D eigenvalue weighted by Gasteiger charge is -2.40. The van der Waals surface area contributed by atoms with Crippen LogP contribution in [0.1, 0.15) is 32.6 Å². The van der Waals surface area contributed by atoms with Crippen LogP contribution < -0.4 is 5.32 Å². The highest BCUT2D eigenvalue weighted by molar-refractivity contribution is 4.89. The van der Waals surface area contributed by atoms with Crippen molar-refractivity contribution in [3.8, 4) is 0 Å². The summed E-state index contributed by atoms with van der Waals surface area (Å²) in [6.07, 6.45) is 5.00. The van der Waals surface area contributed by atoms with Gasteiger partial charge in [0.15, 0.2) is 0 Å². The molecule has 2 aliphatic rings. The van der Waals surface area contributed by atoms with E-state index in [4.69, 9.17) is 9.84 Å². The van der Waals surface area contributed by atoms with Gasteiger partial charge < -0.3 is 15.2 Å². The van der Waals surface area contributed by atoms with Crippen molar-refractivity contribution in [2.45, 2.75) is 50.4 Å². The van der Waals surface area contributed by atoms with Crippen LogP contribution in [0.2, 0.25) is 0 Å². The van der Waals surface area contributed by atoms with E-state index < -0.39 is 0 Å². The molecule has 0 aromatic heterocycles. The zero-order valence-electron chi connectivity index (χ0n) is 8.25. The zero-order chi connectivity index (χ0) is 9.31. The first-order valence-electron chi connectivity index (χ1n) is 5.24. The minimum Gasteiger partial charge on any atom is -0.395 e. The van der Waals surface area contributed by atoms with E-state index in [1.54, 1.807) is 0 Å². The molecule has 0 aromatic carbocycles. The van der Waals surface area contributed by atoms with Gasteiger partial charge in [0.2, 0.25) is 0 Å². The quantitative estimate of drug-likeness (QED) is 0.679. The Morgan fingerprint density at radius 3 is 2.77 bits per heavy atom. The van der Waals surface area contributed by atoms with E-state index in [9.17, 15) is 0 Å². The van der Waals surface area contributed by atoms with Crippen LogP contribution in [-0.2, 0) is 4.74 Å². The second-order valence-electron chi connectivity index (χ2n) is 4.57. The second-order valence-corrected chi connectivity index (χ2v) is 4.57. The number of rotatable bonds is 3. The van der Waals surface area contributed by atoms with Crippen molar-refractivity contribution < 1.29 is 9.84 Å². The molecule has 3 nitrogen and oxygen atoms in total. The third kappa shape index (κ3) is 2.03. The summed E-state index contributed by atoms with van der Waals surface area (Å²) in [5, 5.41) is 12.2. The molecule has 13 heavy (non-hydrogen) atoms. The highest BCUT2D eigenvalue weighted by atomic mass is 16.5. The lowest BCUT2D eigenvalue weighted by molar-refractivity contribution is -0.121. The molecule has 0 unspecified atom stereocenters. The van der Waals surface area contributed by atoms with Crippen LogP contribution in [-0.4, -0.2) is 36.0 Å². The average Bonchev–Trinajstić information content (AvgIpc) is 2.49. The first-order chi connectivity index (χ1) is 6.22. The molecule has 1 aliphatic carbocycles. The molecule has 3 heteroatoms. The van der Waals surface area contributed by atoms with Gasteiger partial charge >= 0.3 is 0 Å². The van der Waals surface area contributed by atoms with Gasteiger partial charge in [-0.15, -0.1) is 0 Å². The number of nitrogens with one attached hydrogen (secondary N) is 1. The van der Waals surface area contributed by atoms with E-state index in [1.165, 1.54) is 19.3 Å². The normalized spacial score (nSPS) is 37.4. The third-order valence-electron chi connectivity index (χ3n) is 3.26. The van der Waals surface area contributed by atoms with Crippen molar-refractivity contribution in [1.29, 1.82) is 0 Å². The number of aliphatic hydroxyl groups excluding tert-OH is 1. The molecule has 0 aromatic rings. The smallest absolute Gasteiger partial charge is 0.0722 e. The molecule has 2 atom stereocenters. The summed E-state index contributed by atoms with van der Waals surface area (Å²) in [5.41, 5.74) is 0.149. The van der Waals surface area contributed by atoms with Gasteiger partial charge in [0.25, 0.3) is 0 Å². The Morgan fingerprint density at radius 2 is 2.31 bits per heavy atom. The Morgan fingerprint density at radius 1 is 1.54 bits per heavy atom. The maximum atomic E-state index is 8.94. The van der Waals surface area contributed by atoms with Gasteiger partial charge in [0.1, 0.15) is 0 Å². The van der Waals surface area contributed by atoms with Gasteiger partial charge in [-0.05, 0) is 32.6 Å². The summed E-state index contributed by atoms with van der Waals surface area (Å²) in [7, 11) is 0. The van der Waals surface area contributed by atoms with Gasteiger partial charge in [-0.3, -0.25) is 0 Å². The van der Waals surface area contributed by atoms with E-state index in [1.807, 2.05) is 0 Å². The van der Waals surface area contributed by atoms with Gasteiger partial charge in [-0.2, -0.15) is 0 Å². The summed E-state index contributed by atoms with van der Waals surface area (Å²) in [6, 6.07) is 0.258. The van der Waals surface area contributed by atoms with Crippen LogP contribution in [0.25, 0.3) is 0 Å².